The Labute approximate surface area is 170 Å². The van der Waals surface area contributed by atoms with E-state index >= 15 is 0 Å². The molecule has 0 spiro atoms. The molecule has 156 valence electrons. The number of aromatic nitrogens is 1. The highest BCUT2D eigenvalue weighted by Crippen LogP contribution is 2.20. The molecule has 1 saturated heterocycles. The van der Waals surface area contributed by atoms with Crippen molar-refractivity contribution in [3.05, 3.63) is 41.3 Å². The van der Waals surface area contributed by atoms with Gasteiger partial charge in [0.25, 0.3) is 5.91 Å². The second kappa shape index (κ2) is 9.56. The van der Waals surface area contributed by atoms with Crippen LogP contribution in [0.4, 0.5) is 11.4 Å². The van der Waals surface area contributed by atoms with E-state index in [9.17, 15) is 9.59 Å². The summed E-state index contributed by atoms with van der Waals surface area (Å²) in [7, 11) is 0. The van der Waals surface area contributed by atoms with E-state index in [1.54, 1.807) is 6.92 Å². The zero-order valence-corrected chi connectivity index (χ0v) is 17.2. The van der Waals surface area contributed by atoms with Gasteiger partial charge in [0.1, 0.15) is 11.3 Å². The first-order chi connectivity index (χ1) is 14.0. The number of esters is 1. The van der Waals surface area contributed by atoms with Crippen LogP contribution in [0.3, 0.4) is 0 Å². The van der Waals surface area contributed by atoms with Crippen molar-refractivity contribution in [1.82, 2.24) is 10.1 Å². The molecule has 0 radical (unpaired) electrons. The third kappa shape index (κ3) is 5.14. The summed E-state index contributed by atoms with van der Waals surface area (Å²) < 4.78 is 10.1. The number of amides is 1. The summed E-state index contributed by atoms with van der Waals surface area (Å²) >= 11 is 0. The molecule has 1 aliphatic heterocycles. The molecule has 2 aromatic rings. The Kier molecular flexibility index (Phi) is 6.87. The minimum atomic E-state index is -0.600. The Bertz CT molecular complexity index is 839. The second-order valence-electron chi connectivity index (χ2n) is 7.01. The maximum atomic E-state index is 12.2. The Hall–Kier alpha value is -2.87. The molecule has 2 heterocycles. The molecule has 8 heteroatoms. The quantitative estimate of drug-likeness (QED) is 0.715. The van der Waals surface area contributed by atoms with E-state index in [1.165, 1.54) is 0 Å². The number of rotatable bonds is 7. The molecule has 1 N–H and O–H groups in total. The number of nitrogens with one attached hydrogen (secondary N) is 1. The molecule has 0 aliphatic carbocycles. The lowest BCUT2D eigenvalue weighted by atomic mass is 10.1. The van der Waals surface area contributed by atoms with Crippen molar-refractivity contribution in [2.24, 2.45) is 0 Å². The van der Waals surface area contributed by atoms with E-state index in [0.717, 1.165) is 38.4 Å². The third-order valence-corrected chi connectivity index (χ3v) is 5.14. The number of anilines is 2. The largest absolute Gasteiger partial charge is 0.452 e. The van der Waals surface area contributed by atoms with E-state index in [0.29, 0.717) is 29.1 Å². The molecule has 3 rings (SSSR count). The molecule has 1 aromatic carbocycles. The van der Waals surface area contributed by atoms with Crippen LogP contribution in [0.5, 0.6) is 0 Å². The molecule has 1 aromatic heterocycles. The lowest BCUT2D eigenvalue weighted by Crippen LogP contribution is -2.46. The minimum absolute atomic E-state index is 0.299. The van der Waals surface area contributed by atoms with Crippen LogP contribution in [0.25, 0.3) is 0 Å². The number of hydrogen-bond acceptors (Lipinski definition) is 7. The molecule has 0 bridgehead atoms. The number of benzene rings is 1. The first-order valence-corrected chi connectivity index (χ1v) is 10.0. The maximum Gasteiger partial charge on any atom is 0.344 e. The van der Waals surface area contributed by atoms with E-state index in [2.05, 4.69) is 27.2 Å². The Morgan fingerprint density at radius 3 is 2.45 bits per heavy atom. The maximum absolute atomic E-state index is 12.2. The summed E-state index contributed by atoms with van der Waals surface area (Å²) in [5, 5.41) is 6.57. The highest BCUT2D eigenvalue weighted by atomic mass is 16.5. The average Bonchev–Trinajstić information content (AvgIpc) is 3.13. The van der Waals surface area contributed by atoms with Crippen molar-refractivity contribution in [3.63, 3.8) is 0 Å². The highest BCUT2D eigenvalue weighted by molar-refractivity contribution is 5.96. The number of carbonyl (C=O) groups excluding carboxylic acids is 2. The number of piperazine rings is 1. The summed E-state index contributed by atoms with van der Waals surface area (Å²) in [6, 6.07) is 7.72. The standard InChI is InChI=1S/C21H28N4O4/c1-4-18-20(15(3)29-23-18)21(27)28-14-19(26)22-16-6-8-17(9-7-16)25-12-10-24(5-2)11-13-25/h6-9H,4-5,10-14H2,1-3H3,(H,22,26). The average molecular weight is 400 g/mol. The van der Waals surface area contributed by atoms with Crippen molar-refractivity contribution >= 4 is 23.3 Å². The number of aryl methyl sites for hydroxylation is 2. The molecular weight excluding hydrogens is 372 g/mol. The smallest absolute Gasteiger partial charge is 0.344 e. The van der Waals surface area contributed by atoms with Gasteiger partial charge < -0.3 is 24.4 Å². The fourth-order valence-corrected chi connectivity index (χ4v) is 3.40. The summed E-state index contributed by atoms with van der Waals surface area (Å²) in [6.45, 7) is 10.5. The van der Waals surface area contributed by atoms with Gasteiger partial charge >= 0.3 is 5.97 Å². The van der Waals surface area contributed by atoms with Gasteiger partial charge in [-0.2, -0.15) is 0 Å². The molecular formula is C21H28N4O4. The van der Waals surface area contributed by atoms with Crippen molar-refractivity contribution in [3.8, 4) is 0 Å². The van der Waals surface area contributed by atoms with Gasteiger partial charge in [-0.15, -0.1) is 0 Å². The molecule has 1 fully saturated rings. The summed E-state index contributed by atoms with van der Waals surface area (Å²) in [5.41, 5.74) is 2.63. The summed E-state index contributed by atoms with van der Waals surface area (Å²) in [6.07, 6.45) is 0.549. The molecule has 1 aliphatic rings. The topological polar surface area (TPSA) is 87.9 Å². The van der Waals surface area contributed by atoms with Crippen LogP contribution < -0.4 is 10.2 Å². The normalized spacial score (nSPS) is 14.7. The predicted octanol–water partition coefficient (Wildman–Crippen LogP) is 2.48. The van der Waals surface area contributed by atoms with Gasteiger partial charge in [0, 0.05) is 37.6 Å². The Morgan fingerprint density at radius 2 is 1.83 bits per heavy atom. The van der Waals surface area contributed by atoms with Crippen LogP contribution in [0.1, 0.15) is 35.7 Å². The summed E-state index contributed by atoms with van der Waals surface area (Å²) in [5.74, 6) is -0.602. The Balaban J connectivity index is 1.49. The zero-order valence-electron chi connectivity index (χ0n) is 17.2. The van der Waals surface area contributed by atoms with Crippen molar-refractivity contribution < 1.29 is 18.8 Å². The van der Waals surface area contributed by atoms with Crippen LogP contribution in [-0.4, -0.2) is 61.3 Å². The lowest BCUT2D eigenvalue weighted by molar-refractivity contribution is -0.119. The lowest BCUT2D eigenvalue weighted by Gasteiger charge is -2.35. The van der Waals surface area contributed by atoms with Crippen LogP contribution in [0.2, 0.25) is 0 Å². The highest BCUT2D eigenvalue weighted by Gasteiger charge is 2.21. The Morgan fingerprint density at radius 1 is 1.14 bits per heavy atom. The zero-order chi connectivity index (χ0) is 20.8. The van der Waals surface area contributed by atoms with Crippen molar-refractivity contribution in [2.45, 2.75) is 27.2 Å². The van der Waals surface area contributed by atoms with Gasteiger partial charge in [-0.1, -0.05) is 19.0 Å². The minimum Gasteiger partial charge on any atom is -0.452 e. The first-order valence-electron chi connectivity index (χ1n) is 10.0. The fourth-order valence-electron chi connectivity index (χ4n) is 3.40. The SMILES string of the molecule is CCc1noc(C)c1C(=O)OCC(=O)Nc1ccc(N2CCN(CC)CC2)cc1. The third-order valence-electron chi connectivity index (χ3n) is 5.14. The number of ether oxygens (including phenoxy) is 1. The second-order valence-corrected chi connectivity index (χ2v) is 7.01. The van der Waals surface area contributed by atoms with Crippen LogP contribution in [-0.2, 0) is 16.0 Å². The van der Waals surface area contributed by atoms with Gasteiger partial charge in [-0.05, 0) is 44.2 Å². The first kappa shape index (κ1) is 20.9. The van der Waals surface area contributed by atoms with Crippen LogP contribution >= 0.6 is 0 Å². The number of nitrogens with zero attached hydrogens (tertiary/aromatic N) is 3. The molecule has 29 heavy (non-hydrogen) atoms. The fraction of sp³-hybridized carbons (Fsp3) is 0.476. The molecule has 0 atom stereocenters. The summed E-state index contributed by atoms with van der Waals surface area (Å²) in [4.78, 5) is 29.1. The van der Waals surface area contributed by atoms with E-state index in [-0.39, 0.29) is 6.61 Å². The van der Waals surface area contributed by atoms with Gasteiger partial charge in [0.2, 0.25) is 0 Å². The van der Waals surface area contributed by atoms with Crippen molar-refractivity contribution in [1.29, 1.82) is 0 Å². The number of hydrogen-bond donors (Lipinski definition) is 1. The van der Waals surface area contributed by atoms with Gasteiger partial charge in [0.15, 0.2) is 6.61 Å². The monoisotopic (exact) mass is 400 g/mol. The van der Waals surface area contributed by atoms with Gasteiger partial charge in [-0.3, -0.25) is 4.79 Å². The predicted molar refractivity (Wildman–Crippen MR) is 110 cm³/mol. The van der Waals surface area contributed by atoms with Gasteiger partial charge in [-0.25, -0.2) is 4.79 Å². The molecule has 8 nitrogen and oxygen atoms in total. The van der Waals surface area contributed by atoms with E-state index < -0.39 is 11.9 Å². The van der Waals surface area contributed by atoms with Crippen LogP contribution in [0, 0.1) is 6.92 Å². The molecule has 0 saturated carbocycles. The number of likely N-dealkylation sites (N-methyl/N-ethyl adjacent to an activating group) is 1. The molecule has 1 amide bonds. The van der Waals surface area contributed by atoms with E-state index in [1.807, 2.05) is 31.2 Å². The molecule has 0 unspecified atom stereocenters. The van der Waals surface area contributed by atoms with Crippen LogP contribution in [0.15, 0.2) is 28.8 Å². The van der Waals surface area contributed by atoms with E-state index in [4.69, 9.17) is 9.26 Å². The van der Waals surface area contributed by atoms with Gasteiger partial charge in [0.05, 0.1) is 5.69 Å². The number of carbonyl (C=O) groups is 2. The van der Waals surface area contributed by atoms with Crippen molar-refractivity contribution in [2.75, 3.05) is 49.5 Å².